The molecule has 16 nitrogen and oxygen atoms in total. The van der Waals surface area contributed by atoms with Gasteiger partial charge in [0.15, 0.2) is 17.9 Å². The molecule has 2 aliphatic carbocycles. The van der Waals surface area contributed by atoms with Crippen molar-refractivity contribution in [3.05, 3.63) is 51.6 Å². The highest BCUT2D eigenvalue weighted by atomic mass is 16.7. The molecule has 1 aliphatic heterocycles. The van der Waals surface area contributed by atoms with Crippen molar-refractivity contribution in [2.45, 2.75) is 102 Å². The number of aliphatic hydroxyl groups is 3. The number of rotatable bonds is 11. The molecular formula is C35H41NO15. The summed E-state index contributed by atoms with van der Waals surface area (Å²) in [6.45, 7) is 4.52. The molecule has 0 aromatic heterocycles. The third-order valence-corrected chi connectivity index (χ3v) is 9.40. The summed E-state index contributed by atoms with van der Waals surface area (Å²) in [6, 6.07) is 3.07. The third kappa shape index (κ3) is 7.20. The van der Waals surface area contributed by atoms with Gasteiger partial charge in [0, 0.05) is 68.3 Å². The maximum absolute atomic E-state index is 13.9. The predicted octanol–water partition coefficient (Wildman–Crippen LogP) is 0.863. The van der Waals surface area contributed by atoms with Crippen LogP contribution >= 0.6 is 0 Å². The number of phenolic OH excluding ortho intramolecular Hbond substituents is 2. The Bertz CT molecular complexity index is 1740. The molecule has 1 heterocycles. The van der Waals surface area contributed by atoms with E-state index in [2.05, 4.69) is 5.32 Å². The zero-order valence-corrected chi connectivity index (χ0v) is 28.6. The van der Waals surface area contributed by atoms with E-state index >= 15 is 0 Å². The highest BCUT2D eigenvalue weighted by Crippen LogP contribution is 2.52. The zero-order chi connectivity index (χ0) is 37.5. The van der Waals surface area contributed by atoms with E-state index in [-0.39, 0.29) is 40.8 Å². The first kappa shape index (κ1) is 37.8. The smallest absolute Gasteiger partial charge is 0.305 e. The molecule has 0 radical (unpaired) electrons. The fourth-order valence-electron chi connectivity index (χ4n) is 7.09. The highest BCUT2D eigenvalue weighted by Gasteiger charge is 2.50. The molecular weight excluding hydrogens is 674 g/mol. The normalized spacial score (nSPS) is 26.1. The Balaban J connectivity index is 1.50. The summed E-state index contributed by atoms with van der Waals surface area (Å²) >= 11 is 0. The van der Waals surface area contributed by atoms with Gasteiger partial charge in [-0.1, -0.05) is 12.1 Å². The number of methoxy groups -OCH3 is 1. The highest BCUT2D eigenvalue weighted by molar-refractivity contribution is 6.31. The van der Waals surface area contributed by atoms with Crippen molar-refractivity contribution in [2.24, 2.45) is 0 Å². The van der Waals surface area contributed by atoms with Gasteiger partial charge in [0.05, 0.1) is 42.1 Å². The molecule has 2 aromatic carbocycles. The molecule has 0 amide bonds. The summed E-state index contributed by atoms with van der Waals surface area (Å²) in [5, 5.41) is 58.7. The van der Waals surface area contributed by atoms with E-state index < -0.39 is 120 Å². The Morgan fingerprint density at radius 1 is 1.04 bits per heavy atom. The number of hydrogen-bond acceptors (Lipinski definition) is 16. The molecule has 7 atom stereocenters. The van der Waals surface area contributed by atoms with Crippen LogP contribution in [0, 0.1) is 0 Å². The van der Waals surface area contributed by atoms with Crippen LogP contribution in [0.2, 0.25) is 0 Å². The van der Waals surface area contributed by atoms with Gasteiger partial charge in [-0.15, -0.1) is 0 Å². The standard InChI is InChI=1S/C35H41NO15/c1-14(9-24(49-16(3)38)50-17(4)39)36-20-10-25(48-15(2)30(20)41)51-22-12-35(46,23(40)13-37)11-19-27(22)34(45)29-28(32(19)43)31(42)18-7-6-8-21(47-5)26(18)33(29)44/h6-8,14-15,20,22,24-25,30,36-37,41,43,45-46H,9-13H2,1-5H3/t14?,15?,20?,22-,25?,30?,35-/m0/s1. The largest absolute Gasteiger partial charge is 0.507 e. The SMILES string of the molecule is COc1cccc2c1C(=O)c1c(O)c3c(c(O)c1C2=O)C[C@@](O)(C(=O)CO)C[C@@H]3OC1CC(NC(C)CC(OC(C)=O)OC(C)=O)C(O)C(C)O1. The summed E-state index contributed by atoms with van der Waals surface area (Å²) in [7, 11) is 1.30. The fourth-order valence-corrected chi connectivity index (χ4v) is 7.09. The zero-order valence-electron chi connectivity index (χ0n) is 28.6. The Hall–Kier alpha value is -4.45. The van der Waals surface area contributed by atoms with E-state index in [1.54, 1.807) is 13.8 Å². The van der Waals surface area contributed by atoms with Crippen LogP contribution in [0.3, 0.4) is 0 Å². The molecule has 5 unspecified atom stereocenters. The van der Waals surface area contributed by atoms with E-state index in [1.807, 2.05) is 0 Å². The average Bonchev–Trinajstić information content (AvgIpc) is 3.05. The Morgan fingerprint density at radius 2 is 1.69 bits per heavy atom. The van der Waals surface area contributed by atoms with Crippen LogP contribution in [-0.4, -0.2) is 111 Å². The van der Waals surface area contributed by atoms with Crippen molar-refractivity contribution in [2.75, 3.05) is 13.7 Å². The Morgan fingerprint density at radius 3 is 2.29 bits per heavy atom. The maximum Gasteiger partial charge on any atom is 0.305 e. The second-order valence-corrected chi connectivity index (χ2v) is 13.1. The molecule has 1 saturated heterocycles. The first-order valence-corrected chi connectivity index (χ1v) is 16.3. The number of carbonyl (C=O) groups excluding carboxylic acids is 5. The van der Waals surface area contributed by atoms with Gasteiger partial charge in [-0.2, -0.15) is 0 Å². The molecule has 276 valence electrons. The molecule has 5 rings (SSSR count). The lowest BCUT2D eigenvalue weighted by atomic mass is 9.72. The van der Waals surface area contributed by atoms with Crippen LogP contribution in [0.15, 0.2) is 18.2 Å². The van der Waals surface area contributed by atoms with Gasteiger partial charge in [-0.05, 0) is 19.9 Å². The van der Waals surface area contributed by atoms with Crippen LogP contribution in [-0.2, 0) is 39.8 Å². The Labute approximate surface area is 292 Å². The van der Waals surface area contributed by atoms with Crippen LogP contribution in [0.5, 0.6) is 17.2 Å². The maximum atomic E-state index is 13.9. The quantitative estimate of drug-likeness (QED) is 0.0916. The minimum absolute atomic E-state index is 0.0222. The van der Waals surface area contributed by atoms with Crippen LogP contribution in [0.4, 0.5) is 0 Å². The van der Waals surface area contributed by atoms with Crippen molar-refractivity contribution in [1.29, 1.82) is 0 Å². The first-order valence-electron chi connectivity index (χ1n) is 16.3. The van der Waals surface area contributed by atoms with Gasteiger partial charge in [-0.3, -0.25) is 24.0 Å². The van der Waals surface area contributed by atoms with Crippen LogP contribution < -0.4 is 10.1 Å². The number of aromatic hydroxyl groups is 2. The molecule has 2 aromatic rings. The lowest BCUT2D eigenvalue weighted by Gasteiger charge is -2.43. The molecule has 3 aliphatic rings. The minimum Gasteiger partial charge on any atom is -0.507 e. The van der Waals surface area contributed by atoms with E-state index in [9.17, 15) is 49.5 Å². The molecule has 0 saturated carbocycles. The second-order valence-electron chi connectivity index (χ2n) is 13.1. The van der Waals surface area contributed by atoms with E-state index in [4.69, 9.17) is 23.7 Å². The molecule has 1 fully saturated rings. The summed E-state index contributed by atoms with van der Waals surface area (Å²) in [5.41, 5.74) is -4.01. The molecule has 0 bridgehead atoms. The van der Waals surface area contributed by atoms with Crippen molar-refractivity contribution in [1.82, 2.24) is 5.32 Å². The summed E-state index contributed by atoms with van der Waals surface area (Å²) in [4.78, 5) is 63.6. The van der Waals surface area contributed by atoms with Gasteiger partial charge in [0.1, 0.15) is 29.5 Å². The molecule has 0 spiro atoms. The van der Waals surface area contributed by atoms with Gasteiger partial charge in [0.2, 0.25) is 12.1 Å². The molecule has 16 heteroatoms. The predicted molar refractivity (Wildman–Crippen MR) is 172 cm³/mol. The lowest BCUT2D eigenvalue weighted by Crippen LogP contribution is -2.56. The van der Waals surface area contributed by atoms with Crippen molar-refractivity contribution >= 4 is 29.3 Å². The van der Waals surface area contributed by atoms with Crippen LogP contribution in [0.25, 0.3) is 0 Å². The monoisotopic (exact) mass is 715 g/mol. The van der Waals surface area contributed by atoms with E-state index in [0.717, 1.165) is 13.8 Å². The minimum atomic E-state index is -2.33. The van der Waals surface area contributed by atoms with Crippen molar-refractivity contribution < 1.29 is 73.2 Å². The number of phenols is 2. The number of Topliss-reactive ketones (excluding diaryl/α,β-unsaturated/α-hetero) is 1. The van der Waals surface area contributed by atoms with Crippen molar-refractivity contribution in [3.63, 3.8) is 0 Å². The number of ether oxygens (including phenoxy) is 5. The van der Waals surface area contributed by atoms with Gasteiger partial charge < -0.3 is 54.5 Å². The average molecular weight is 716 g/mol. The second kappa shape index (κ2) is 14.7. The fraction of sp³-hybridized carbons (Fsp3) is 0.514. The topological polar surface area (TPSA) is 245 Å². The van der Waals surface area contributed by atoms with Gasteiger partial charge in [-0.25, -0.2) is 0 Å². The van der Waals surface area contributed by atoms with Gasteiger partial charge in [0.25, 0.3) is 0 Å². The van der Waals surface area contributed by atoms with Crippen molar-refractivity contribution in [3.8, 4) is 17.2 Å². The molecule has 51 heavy (non-hydrogen) atoms. The number of esters is 2. The lowest BCUT2D eigenvalue weighted by molar-refractivity contribution is -0.250. The number of aliphatic hydroxyl groups excluding tert-OH is 2. The molecule has 6 N–H and O–H groups in total. The number of benzene rings is 2. The van der Waals surface area contributed by atoms with E-state index in [1.165, 1.54) is 25.3 Å². The van der Waals surface area contributed by atoms with Gasteiger partial charge >= 0.3 is 11.9 Å². The summed E-state index contributed by atoms with van der Waals surface area (Å²) < 4.78 is 27.7. The van der Waals surface area contributed by atoms with Crippen LogP contribution in [0.1, 0.15) is 96.0 Å². The number of fused-ring (bicyclic) bond motifs is 3. The summed E-state index contributed by atoms with van der Waals surface area (Å²) in [5.74, 6) is -5.38. The van der Waals surface area contributed by atoms with E-state index in [0.29, 0.717) is 0 Å². The number of ketones is 3. The Kier molecular flexibility index (Phi) is 10.9. The number of nitrogens with one attached hydrogen (secondary N) is 1. The number of carbonyl (C=O) groups is 5. The summed E-state index contributed by atoms with van der Waals surface area (Å²) in [6.07, 6.45) is -7.01. The number of hydrogen-bond donors (Lipinski definition) is 6. The first-order chi connectivity index (χ1) is 24.0. The third-order valence-electron chi connectivity index (χ3n) is 9.40.